The van der Waals surface area contributed by atoms with Gasteiger partial charge in [-0.2, -0.15) is 0 Å². The number of ether oxygens (including phenoxy) is 1. The zero-order valence-corrected chi connectivity index (χ0v) is 16.6. The minimum atomic E-state index is -0.00979. The molecule has 2 heterocycles. The minimum Gasteiger partial charge on any atom is -0.496 e. The molecule has 0 bridgehead atoms. The summed E-state index contributed by atoms with van der Waals surface area (Å²) in [6.45, 7) is 4.74. The fraction of sp³-hybridized carbons (Fsp3) is 0.389. The molecule has 2 aromatic rings. The Morgan fingerprint density at radius 2 is 1.96 bits per heavy atom. The van der Waals surface area contributed by atoms with Crippen LogP contribution in [0.15, 0.2) is 40.2 Å². The number of halogens is 1. The van der Waals surface area contributed by atoms with Crippen molar-refractivity contribution in [3.63, 3.8) is 0 Å². The lowest BCUT2D eigenvalue weighted by atomic mass is 10.2. The Morgan fingerprint density at radius 1 is 1.20 bits per heavy atom. The van der Waals surface area contributed by atoms with Crippen molar-refractivity contribution >= 4 is 33.3 Å². The van der Waals surface area contributed by atoms with E-state index < -0.39 is 0 Å². The van der Waals surface area contributed by atoms with Gasteiger partial charge in [-0.05, 0) is 34.1 Å². The average molecular weight is 424 g/mol. The molecular formula is C18H22BrN3O2S. The molecule has 0 spiro atoms. The Morgan fingerprint density at radius 3 is 2.64 bits per heavy atom. The monoisotopic (exact) mass is 423 g/mol. The van der Waals surface area contributed by atoms with E-state index in [1.807, 2.05) is 29.2 Å². The largest absolute Gasteiger partial charge is 0.496 e. The normalized spacial score (nSPS) is 15.2. The van der Waals surface area contributed by atoms with Crippen molar-refractivity contribution in [1.29, 1.82) is 0 Å². The van der Waals surface area contributed by atoms with Crippen LogP contribution in [0.5, 0.6) is 5.75 Å². The Hall–Kier alpha value is -1.57. The topological polar surface area (TPSA) is 44.8 Å². The zero-order valence-electron chi connectivity index (χ0n) is 14.2. The quantitative estimate of drug-likeness (QED) is 0.799. The van der Waals surface area contributed by atoms with Gasteiger partial charge in [0.2, 0.25) is 0 Å². The van der Waals surface area contributed by atoms with Crippen molar-refractivity contribution in [2.75, 3.05) is 33.3 Å². The van der Waals surface area contributed by atoms with E-state index in [4.69, 9.17) is 4.74 Å². The second-order valence-corrected chi connectivity index (χ2v) is 8.49. The van der Waals surface area contributed by atoms with E-state index in [0.717, 1.165) is 47.8 Å². The van der Waals surface area contributed by atoms with E-state index in [2.05, 4.69) is 38.3 Å². The van der Waals surface area contributed by atoms with E-state index in [1.165, 1.54) is 4.88 Å². The standard InChI is InChI=1S/C18H22BrN3O2S/c1-24-16-5-3-2-4-14(16)12-20-18(23)22-10-8-21(9-11-22)13-15-6-7-17(19)25-15/h2-7H,8-13H2,1H3,(H,20,23). The SMILES string of the molecule is COc1ccccc1CNC(=O)N1CCN(Cc2ccc(Br)s2)CC1. The smallest absolute Gasteiger partial charge is 0.317 e. The Balaban J connectivity index is 1.45. The number of benzene rings is 1. The van der Waals surface area contributed by atoms with Crippen LogP contribution in [0.3, 0.4) is 0 Å². The summed E-state index contributed by atoms with van der Waals surface area (Å²) in [6, 6.07) is 12.0. The van der Waals surface area contributed by atoms with E-state index in [0.29, 0.717) is 6.54 Å². The molecule has 2 amide bonds. The lowest BCUT2D eigenvalue weighted by molar-refractivity contribution is 0.135. The van der Waals surface area contributed by atoms with Gasteiger partial charge < -0.3 is 15.0 Å². The molecule has 1 aromatic carbocycles. The summed E-state index contributed by atoms with van der Waals surface area (Å²) in [5, 5.41) is 3.00. The fourth-order valence-electron chi connectivity index (χ4n) is 2.90. The van der Waals surface area contributed by atoms with Crippen LogP contribution in [0, 0.1) is 0 Å². The lowest BCUT2D eigenvalue weighted by Gasteiger charge is -2.34. The highest BCUT2D eigenvalue weighted by molar-refractivity contribution is 9.11. The van der Waals surface area contributed by atoms with E-state index >= 15 is 0 Å². The molecule has 134 valence electrons. The maximum atomic E-state index is 12.4. The molecular weight excluding hydrogens is 402 g/mol. The zero-order chi connectivity index (χ0) is 17.6. The minimum absolute atomic E-state index is 0.00979. The number of amides is 2. The van der Waals surface area contributed by atoms with Gasteiger partial charge in [-0.3, -0.25) is 4.90 Å². The number of para-hydroxylation sites is 1. The first-order valence-electron chi connectivity index (χ1n) is 8.27. The molecule has 5 nitrogen and oxygen atoms in total. The van der Waals surface area contributed by atoms with Gasteiger partial charge in [0.15, 0.2) is 0 Å². The molecule has 0 unspecified atom stereocenters. The van der Waals surface area contributed by atoms with Crippen LogP contribution in [-0.2, 0) is 13.1 Å². The first kappa shape index (κ1) is 18.2. The number of rotatable bonds is 5. The number of hydrogen-bond donors (Lipinski definition) is 1. The summed E-state index contributed by atoms with van der Waals surface area (Å²) in [5.41, 5.74) is 0.986. The summed E-state index contributed by atoms with van der Waals surface area (Å²) in [6.07, 6.45) is 0. The number of nitrogens with zero attached hydrogens (tertiary/aromatic N) is 2. The summed E-state index contributed by atoms with van der Waals surface area (Å²) in [5.74, 6) is 0.801. The van der Waals surface area contributed by atoms with Crippen molar-refractivity contribution < 1.29 is 9.53 Å². The lowest BCUT2D eigenvalue weighted by Crippen LogP contribution is -2.51. The van der Waals surface area contributed by atoms with Gasteiger partial charge in [0.05, 0.1) is 10.9 Å². The predicted octanol–water partition coefficient (Wildman–Crippen LogP) is 3.55. The van der Waals surface area contributed by atoms with Crippen molar-refractivity contribution in [1.82, 2.24) is 15.1 Å². The highest BCUT2D eigenvalue weighted by Gasteiger charge is 2.21. The van der Waals surface area contributed by atoms with Crippen molar-refractivity contribution in [2.45, 2.75) is 13.1 Å². The third-order valence-corrected chi connectivity index (χ3v) is 5.90. The number of urea groups is 1. The molecule has 25 heavy (non-hydrogen) atoms. The maximum absolute atomic E-state index is 12.4. The number of hydrogen-bond acceptors (Lipinski definition) is 4. The molecule has 1 fully saturated rings. The average Bonchev–Trinajstić information content (AvgIpc) is 3.05. The third-order valence-electron chi connectivity index (χ3n) is 4.29. The van der Waals surface area contributed by atoms with Gasteiger partial charge in [0.25, 0.3) is 0 Å². The maximum Gasteiger partial charge on any atom is 0.317 e. The van der Waals surface area contributed by atoms with Crippen molar-refractivity contribution in [2.24, 2.45) is 0 Å². The first-order chi connectivity index (χ1) is 12.2. The number of piperazine rings is 1. The van der Waals surface area contributed by atoms with E-state index in [-0.39, 0.29) is 6.03 Å². The molecule has 0 radical (unpaired) electrons. The Kier molecular flexibility index (Phi) is 6.34. The Labute approximate surface area is 160 Å². The van der Waals surface area contributed by atoms with Crippen LogP contribution in [0.1, 0.15) is 10.4 Å². The third kappa shape index (κ3) is 4.96. The summed E-state index contributed by atoms with van der Waals surface area (Å²) < 4.78 is 6.49. The summed E-state index contributed by atoms with van der Waals surface area (Å²) in [4.78, 5) is 18.0. The second-order valence-electron chi connectivity index (χ2n) is 5.94. The fourth-order valence-corrected chi connectivity index (χ4v) is 4.42. The van der Waals surface area contributed by atoms with Crippen molar-refractivity contribution in [3.05, 3.63) is 50.6 Å². The molecule has 1 N–H and O–H groups in total. The number of thiophene rings is 1. The van der Waals surface area contributed by atoms with Gasteiger partial charge in [0, 0.05) is 49.7 Å². The number of nitrogens with one attached hydrogen (secondary N) is 1. The number of methoxy groups -OCH3 is 1. The predicted molar refractivity (Wildman–Crippen MR) is 104 cm³/mol. The van der Waals surface area contributed by atoms with Crippen LogP contribution >= 0.6 is 27.3 Å². The van der Waals surface area contributed by atoms with Crippen molar-refractivity contribution in [3.8, 4) is 5.75 Å². The first-order valence-corrected chi connectivity index (χ1v) is 9.88. The molecule has 1 aliphatic heterocycles. The van der Waals surface area contributed by atoms with Crippen LogP contribution in [0.2, 0.25) is 0 Å². The number of carbonyl (C=O) groups excluding carboxylic acids is 1. The molecule has 3 rings (SSSR count). The molecule has 0 saturated carbocycles. The summed E-state index contributed by atoms with van der Waals surface area (Å²) in [7, 11) is 1.64. The summed E-state index contributed by atoms with van der Waals surface area (Å²) >= 11 is 5.27. The highest BCUT2D eigenvalue weighted by Crippen LogP contribution is 2.23. The van der Waals surface area contributed by atoms with Gasteiger partial charge in [-0.15, -0.1) is 11.3 Å². The van der Waals surface area contributed by atoms with Crippen LogP contribution in [0.25, 0.3) is 0 Å². The van der Waals surface area contributed by atoms with Crippen LogP contribution in [0.4, 0.5) is 4.79 Å². The van der Waals surface area contributed by atoms with Crippen LogP contribution in [-0.4, -0.2) is 49.1 Å². The second kappa shape index (κ2) is 8.69. The number of carbonyl (C=O) groups is 1. The van der Waals surface area contributed by atoms with E-state index in [1.54, 1.807) is 18.4 Å². The highest BCUT2D eigenvalue weighted by atomic mass is 79.9. The molecule has 1 aliphatic rings. The molecule has 0 aliphatic carbocycles. The van der Waals surface area contributed by atoms with Crippen LogP contribution < -0.4 is 10.1 Å². The van der Waals surface area contributed by atoms with E-state index in [9.17, 15) is 4.79 Å². The van der Waals surface area contributed by atoms with Gasteiger partial charge in [-0.25, -0.2) is 4.79 Å². The van der Waals surface area contributed by atoms with Gasteiger partial charge in [0.1, 0.15) is 5.75 Å². The van der Waals surface area contributed by atoms with Gasteiger partial charge in [-0.1, -0.05) is 18.2 Å². The molecule has 7 heteroatoms. The Bertz CT molecular complexity index is 714. The van der Waals surface area contributed by atoms with Gasteiger partial charge >= 0.3 is 6.03 Å². The molecule has 1 aromatic heterocycles. The molecule has 1 saturated heterocycles. The molecule has 0 atom stereocenters.